The van der Waals surface area contributed by atoms with Crippen LogP contribution in [0.15, 0.2) is 18.3 Å². The number of carbonyl (C=O) groups is 1. The third-order valence-corrected chi connectivity index (χ3v) is 2.53. The van der Waals surface area contributed by atoms with Crippen molar-refractivity contribution >= 4 is 11.7 Å². The summed E-state index contributed by atoms with van der Waals surface area (Å²) in [6.07, 6.45) is 3.34. The lowest BCUT2D eigenvalue weighted by Crippen LogP contribution is -2.31. The molecule has 1 unspecified atom stereocenters. The quantitative estimate of drug-likeness (QED) is 0.776. The van der Waals surface area contributed by atoms with Crippen molar-refractivity contribution in [3.63, 3.8) is 0 Å². The number of amides is 1. The number of carbonyl (C=O) groups excluding carboxylic acids is 1. The van der Waals surface area contributed by atoms with Crippen LogP contribution in [0.4, 0.5) is 5.82 Å². The van der Waals surface area contributed by atoms with E-state index in [-0.39, 0.29) is 11.9 Å². The normalized spacial score (nSPS) is 20.1. The summed E-state index contributed by atoms with van der Waals surface area (Å²) in [5.74, 6) is 1.02. The summed E-state index contributed by atoms with van der Waals surface area (Å²) in [5, 5.41) is 6.13. The molecule has 0 radical (unpaired) electrons. The molecule has 1 aromatic rings. The number of aromatic nitrogens is 1. The van der Waals surface area contributed by atoms with Gasteiger partial charge in [-0.15, -0.1) is 0 Å². The van der Waals surface area contributed by atoms with Gasteiger partial charge in [-0.2, -0.15) is 0 Å². The van der Waals surface area contributed by atoms with E-state index >= 15 is 0 Å². The number of anilines is 1. The molecule has 4 heteroatoms. The highest BCUT2D eigenvalue weighted by molar-refractivity contribution is 5.78. The third kappa shape index (κ3) is 2.68. The summed E-state index contributed by atoms with van der Waals surface area (Å²) in [5.41, 5.74) is 1.18. The van der Waals surface area contributed by atoms with Crippen molar-refractivity contribution in [2.45, 2.75) is 25.8 Å². The fourth-order valence-corrected chi connectivity index (χ4v) is 1.69. The van der Waals surface area contributed by atoms with Gasteiger partial charge in [-0.3, -0.25) is 4.79 Å². The van der Waals surface area contributed by atoms with E-state index in [1.54, 1.807) is 6.20 Å². The average Bonchev–Trinajstić information content (AvgIpc) is 2.62. The van der Waals surface area contributed by atoms with E-state index in [9.17, 15) is 4.79 Å². The van der Waals surface area contributed by atoms with E-state index in [0.717, 1.165) is 18.8 Å². The van der Waals surface area contributed by atoms with Crippen LogP contribution in [-0.2, 0) is 4.79 Å². The first-order valence-electron chi connectivity index (χ1n) is 5.20. The molecule has 2 N–H and O–H groups in total. The number of hydrogen-bond donors (Lipinski definition) is 2. The molecule has 0 aromatic carbocycles. The van der Waals surface area contributed by atoms with Gasteiger partial charge < -0.3 is 10.6 Å². The molecule has 1 aromatic heterocycles. The Kier molecular flexibility index (Phi) is 2.85. The molecule has 4 nitrogen and oxygen atoms in total. The van der Waals surface area contributed by atoms with Crippen LogP contribution in [0.3, 0.4) is 0 Å². The van der Waals surface area contributed by atoms with E-state index in [0.29, 0.717) is 6.42 Å². The molecule has 0 spiro atoms. The van der Waals surface area contributed by atoms with E-state index in [1.807, 2.05) is 19.1 Å². The molecule has 15 heavy (non-hydrogen) atoms. The van der Waals surface area contributed by atoms with E-state index in [1.165, 1.54) is 5.56 Å². The number of nitrogens with zero attached hydrogens (tertiary/aromatic N) is 1. The van der Waals surface area contributed by atoms with Crippen LogP contribution in [0.2, 0.25) is 0 Å². The third-order valence-electron chi connectivity index (χ3n) is 2.53. The summed E-state index contributed by atoms with van der Waals surface area (Å²) in [4.78, 5) is 15.2. The smallest absolute Gasteiger partial charge is 0.220 e. The Morgan fingerprint density at radius 1 is 1.67 bits per heavy atom. The first kappa shape index (κ1) is 9.96. The molecule has 1 fully saturated rings. The highest BCUT2D eigenvalue weighted by Gasteiger charge is 2.19. The molecule has 1 aliphatic rings. The molecular weight excluding hydrogens is 190 g/mol. The second-order valence-corrected chi connectivity index (χ2v) is 3.90. The zero-order chi connectivity index (χ0) is 10.7. The van der Waals surface area contributed by atoms with Crippen molar-refractivity contribution in [3.8, 4) is 0 Å². The highest BCUT2D eigenvalue weighted by atomic mass is 16.1. The van der Waals surface area contributed by atoms with Crippen LogP contribution in [0.25, 0.3) is 0 Å². The standard InChI is InChI=1S/C11H15N3O/c1-8-4-5-12-10(6-8)13-7-9-2-3-11(15)14-9/h4-6,9H,2-3,7H2,1H3,(H,12,13)(H,14,15). The largest absolute Gasteiger partial charge is 0.368 e. The van der Waals surface area contributed by atoms with Gasteiger partial charge in [-0.25, -0.2) is 4.98 Å². The van der Waals surface area contributed by atoms with Crippen LogP contribution >= 0.6 is 0 Å². The highest BCUT2D eigenvalue weighted by Crippen LogP contribution is 2.09. The van der Waals surface area contributed by atoms with E-state index < -0.39 is 0 Å². The monoisotopic (exact) mass is 205 g/mol. The first-order valence-corrected chi connectivity index (χ1v) is 5.20. The molecule has 0 bridgehead atoms. The van der Waals surface area contributed by atoms with Gasteiger partial charge in [0.05, 0.1) is 0 Å². The Morgan fingerprint density at radius 2 is 2.53 bits per heavy atom. The van der Waals surface area contributed by atoms with Gasteiger partial charge in [0, 0.05) is 25.2 Å². The van der Waals surface area contributed by atoms with Crippen LogP contribution < -0.4 is 10.6 Å². The van der Waals surface area contributed by atoms with Gasteiger partial charge in [0.15, 0.2) is 0 Å². The Morgan fingerprint density at radius 3 is 3.20 bits per heavy atom. The molecule has 2 heterocycles. The zero-order valence-electron chi connectivity index (χ0n) is 8.79. The minimum atomic E-state index is 0.152. The number of nitrogens with one attached hydrogen (secondary N) is 2. The summed E-state index contributed by atoms with van der Waals surface area (Å²) in [6.45, 7) is 2.78. The predicted octanol–water partition coefficient (Wildman–Crippen LogP) is 1.08. The number of hydrogen-bond acceptors (Lipinski definition) is 3. The number of pyridine rings is 1. The van der Waals surface area contributed by atoms with Gasteiger partial charge >= 0.3 is 0 Å². The topological polar surface area (TPSA) is 54.0 Å². The molecule has 1 aliphatic heterocycles. The molecule has 1 amide bonds. The summed E-state index contributed by atoms with van der Waals surface area (Å²) >= 11 is 0. The Hall–Kier alpha value is -1.58. The molecule has 0 aliphatic carbocycles. The van der Waals surface area contributed by atoms with Gasteiger partial charge in [0.1, 0.15) is 5.82 Å². The fourth-order valence-electron chi connectivity index (χ4n) is 1.69. The Bertz CT molecular complexity index is 365. The van der Waals surface area contributed by atoms with Crippen molar-refractivity contribution < 1.29 is 4.79 Å². The summed E-state index contributed by atoms with van der Waals surface area (Å²) < 4.78 is 0. The van der Waals surface area contributed by atoms with Crippen molar-refractivity contribution in [3.05, 3.63) is 23.9 Å². The lowest BCUT2D eigenvalue weighted by atomic mass is 10.2. The first-order chi connectivity index (χ1) is 7.24. The van der Waals surface area contributed by atoms with Gasteiger partial charge in [-0.1, -0.05) is 0 Å². The van der Waals surface area contributed by atoms with Crippen LogP contribution in [0.5, 0.6) is 0 Å². The number of aryl methyl sites for hydroxylation is 1. The Labute approximate surface area is 89.1 Å². The lowest BCUT2D eigenvalue weighted by molar-refractivity contribution is -0.119. The number of rotatable bonds is 3. The second kappa shape index (κ2) is 4.29. The van der Waals surface area contributed by atoms with Crippen molar-refractivity contribution in [2.24, 2.45) is 0 Å². The maximum absolute atomic E-state index is 11.0. The summed E-state index contributed by atoms with van der Waals surface area (Å²) in [6, 6.07) is 4.21. The Balaban J connectivity index is 1.85. The maximum atomic E-state index is 11.0. The van der Waals surface area contributed by atoms with E-state index in [4.69, 9.17) is 0 Å². The maximum Gasteiger partial charge on any atom is 0.220 e. The van der Waals surface area contributed by atoms with Gasteiger partial charge in [0.25, 0.3) is 0 Å². The van der Waals surface area contributed by atoms with Crippen LogP contribution in [-0.4, -0.2) is 23.5 Å². The fraction of sp³-hybridized carbons (Fsp3) is 0.455. The lowest BCUT2D eigenvalue weighted by Gasteiger charge is -2.11. The second-order valence-electron chi connectivity index (χ2n) is 3.90. The zero-order valence-corrected chi connectivity index (χ0v) is 8.79. The SMILES string of the molecule is Cc1ccnc(NCC2CCC(=O)N2)c1. The molecular formula is C11H15N3O. The van der Waals surface area contributed by atoms with E-state index in [2.05, 4.69) is 15.6 Å². The predicted molar refractivity (Wildman–Crippen MR) is 58.6 cm³/mol. The van der Waals surface area contributed by atoms with Gasteiger partial charge in [-0.05, 0) is 31.0 Å². The van der Waals surface area contributed by atoms with Crippen LogP contribution in [0, 0.1) is 6.92 Å². The molecule has 2 rings (SSSR count). The molecule has 80 valence electrons. The average molecular weight is 205 g/mol. The molecule has 0 saturated carbocycles. The van der Waals surface area contributed by atoms with Crippen LogP contribution in [0.1, 0.15) is 18.4 Å². The van der Waals surface area contributed by atoms with Crippen molar-refractivity contribution in [1.82, 2.24) is 10.3 Å². The minimum absolute atomic E-state index is 0.152. The molecule has 1 atom stereocenters. The van der Waals surface area contributed by atoms with Crippen molar-refractivity contribution in [1.29, 1.82) is 0 Å². The van der Waals surface area contributed by atoms with Crippen molar-refractivity contribution in [2.75, 3.05) is 11.9 Å². The van der Waals surface area contributed by atoms with Gasteiger partial charge in [0.2, 0.25) is 5.91 Å². The molecule has 1 saturated heterocycles. The minimum Gasteiger partial charge on any atom is -0.368 e. The summed E-state index contributed by atoms with van der Waals surface area (Å²) in [7, 11) is 0.